The normalized spacial score (nSPS) is 12.9. The molecule has 0 spiro atoms. The minimum absolute atomic E-state index is 0.572. The molecule has 0 amide bonds. The fourth-order valence-electron chi connectivity index (χ4n) is 2.00. The number of hydrogen-bond acceptors (Lipinski definition) is 2. The van der Waals surface area contributed by atoms with Gasteiger partial charge in [-0.3, -0.25) is 0 Å². The van der Waals surface area contributed by atoms with Gasteiger partial charge in [0.2, 0.25) is 0 Å². The molecule has 0 aromatic heterocycles. The molecular formula is C16H27NO. The van der Waals surface area contributed by atoms with Crippen molar-refractivity contribution in [1.82, 2.24) is 5.32 Å². The third kappa shape index (κ3) is 5.65. The Hall–Kier alpha value is -0.860. The molecule has 0 saturated carbocycles. The molecule has 1 aromatic carbocycles. The quantitative estimate of drug-likeness (QED) is 0.757. The maximum Gasteiger partial charge on any atom is 0.0716 e. The number of ether oxygens (including phenoxy) is 1. The van der Waals surface area contributed by atoms with Crippen LogP contribution in [0.4, 0.5) is 0 Å². The molecule has 1 aromatic rings. The zero-order valence-electron chi connectivity index (χ0n) is 12.2. The Kier molecular flexibility index (Phi) is 6.99. The van der Waals surface area contributed by atoms with Gasteiger partial charge in [-0.2, -0.15) is 0 Å². The lowest BCUT2D eigenvalue weighted by Gasteiger charge is -2.16. The van der Waals surface area contributed by atoms with Crippen molar-refractivity contribution in [3.05, 3.63) is 35.4 Å². The highest BCUT2D eigenvalue weighted by atomic mass is 16.5. The van der Waals surface area contributed by atoms with Gasteiger partial charge in [-0.15, -0.1) is 0 Å². The van der Waals surface area contributed by atoms with Crippen molar-refractivity contribution in [2.75, 3.05) is 7.11 Å². The molecule has 2 heteroatoms. The first-order chi connectivity index (χ1) is 8.63. The van der Waals surface area contributed by atoms with E-state index in [0.29, 0.717) is 12.6 Å². The molecule has 18 heavy (non-hydrogen) atoms. The number of benzene rings is 1. The number of nitrogens with one attached hydrogen (secondary N) is 1. The van der Waals surface area contributed by atoms with Crippen LogP contribution in [0.25, 0.3) is 0 Å². The highest BCUT2D eigenvalue weighted by Gasteiger charge is 2.05. The average molecular weight is 249 g/mol. The van der Waals surface area contributed by atoms with Crippen LogP contribution >= 0.6 is 0 Å². The van der Waals surface area contributed by atoms with Gasteiger partial charge in [-0.05, 0) is 36.8 Å². The van der Waals surface area contributed by atoms with Gasteiger partial charge in [0.1, 0.15) is 0 Å². The maximum atomic E-state index is 5.23. The first-order valence-electron chi connectivity index (χ1n) is 6.92. The van der Waals surface area contributed by atoms with Crippen LogP contribution in [0.2, 0.25) is 0 Å². The monoisotopic (exact) mass is 249 g/mol. The highest BCUT2D eigenvalue weighted by Crippen LogP contribution is 2.11. The number of methoxy groups -OCH3 is 1. The summed E-state index contributed by atoms with van der Waals surface area (Å²) in [5, 5.41) is 3.60. The third-order valence-electron chi connectivity index (χ3n) is 3.24. The van der Waals surface area contributed by atoms with E-state index in [1.54, 1.807) is 7.11 Å². The molecular weight excluding hydrogens is 222 g/mol. The van der Waals surface area contributed by atoms with Gasteiger partial charge in [-0.25, -0.2) is 0 Å². The van der Waals surface area contributed by atoms with E-state index in [2.05, 4.69) is 50.4 Å². The van der Waals surface area contributed by atoms with E-state index in [1.165, 1.54) is 24.0 Å². The summed E-state index contributed by atoms with van der Waals surface area (Å²) in [7, 11) is 1.75. The van der Waals surface area contributed by atoms with Crippen LogP contribution in [0.1, 0.15) is 44.7 Å². The van der Waals surface area contributed by atoms with Gasteiger partial charge in [0, 0.05) is 19.7 Å². The van der Waals surface area contributed by atoms with Crippen LogP contribution < -0.4 is 5.32 Å². The Morgan fingerprint density at radius 3 is 2.33 bits per heavy atom. The molecule has 0 aliphatic carbocycles. The molecule has 1 N–H and O–H groups in total. The highest BCUT2D eigenvalue weighted by molar-refractivity contribution is 5.26. The lowest BCUT2D eigenvalue weighted by Crippen LogP contribution is -2.26. The summed E-state index contributed by atoms with van der Waals surface area (Å²) in [5.41, 5.74) is 2.62. The van der Waals surface area contributed by atoms with E-state index in [9.17, 15) is 0 Å². The van der Waals surface area contributed by atoms with Crippen LogP contribution in [-0.4, -0.2) is 13.2 Å². The van der Waals surface area contributed by atoms with E-state index in [4.69, 9.17) is 4.74 Å². The Morgan fingerprint density at radius 1 is 1.06 bits per heavy atom. The van der Waals surface area contributed by atoms with Gasteiger partial charge in [0.05, 0.1) is 6.61 Å². The minimum Gasteiger partial charge on any atom is -0.380 e. The second-order valence-electron chi connectivity index (χ2n) is 5.45. The fourth-order valence-corrected chi connectivity index (χ4v) is 2.00. The predicted octanol–water partition coefficient (Wildman–Crippen LogP) is 3.75. The topological polar surface area (TPSA) is 21.3 Å². The van der Waals surface area contributed by atoms with E-state index >= 15 is 0 Å². The predicted molar refractivity (Wildman–Crippen MR) is 77.5 cm³/mol. The van der Waals surface area contributed by atoms with Crippen LogP contribution in [0.5, 0.6) is 0 Å². The van der Waals surface area contributed by atoms with Crippen molar-refractivity contribution in [3.63, 3.8) is 0 Å². The molecule has 0 heterocycles. The molecule has 0 saturated heterocycles. The van der Waals surface area contributed by atoms with Crippen molar-refractivity contribution >= 4 is 0 Å². The third-order valence-corrected chi connectivity index (χ3v) is 3.24. The summed E-state index contributed by atoms with van der Waals surface area (Å²) in [6.07, 6.45) is 2.53. The standard InChI is InChI=1S/C16H27NO/c1-13(2)9-10-14(3)17-11-15-7-5-6-8-16(15)12-18-4/h5-8,13-14,17H,9-12H2,1-4H3. The van der Waals surface area contributed by atoms with Crippen LogP contribution in [-0.2, 0) is 17.9 Å². The summed E-state index contributed by atoms with van der Waals surface area (Å²) in [6.45, 7) is 8.44. The van der Waals surface area contributed by atoms with Gasteiger partial charge >= 0.3 is 0 Å². The van der Waals surface area contributed by atoms with Crippen molar-refractivity contribution < 1.29 is 4.74 Å². The molecule has 0 aliphatic heterocycles. The van der Waals surface area contributed by atoms with E-state index in [1.807, 2.05) is 0 Å². The van der Waals surface area contributed by atoms with E-state index < -0.39 is 0 Å². The van der Waals surface area contributed by atoms with Crippen LogP contribution in [0, 0.1) is 5.92 Å². The number of rotatable bonds is 8. The SMILES string of the molecule is COCc1ccccc1CNC(C)CCC(C)C. The van der Waals surface area contributed by atoms with Gasteiger partial charge in [0.25, 0.3) is 0 Å². The summed E-state index contributed by atoms with van der Waals surface area (Å²) < 4.78 is 5.23. The molecule has 0 aliphatic rings. The maximum absolute atomic E-state index is 5.23. The number of hydrogen-bond donors (Lipinski definition) is 1. The van der Waals surface area contributed by atoms with Crippen LogP contribution in [0.15, 0.2) is 24.3 Å². The lowest BCUT2D eigenvalue weighted by molar-refractivity contribution is 0.184. The van der Waals surface area contributed by atoms with Crippen LogP contribution in [0.3, 0.4) is 0 Å². The second kappa shape index (κ2) is 8.28. The first kappa shape index (κ1) is 15.2. The average Bonchev–Trinajstić information content (AvgIpc) is 2.35. The first-order valence-corrected chi connectivity index (χ1v) is 6.92. The lowest BCUT2D eigenvalue weighted by atomic mass is 10.0. The van der Waals surface area contributed by atoms with E-state index in [-0.39, 0.29) is 0 Å². The van der Waals surface area contributed by atoms with Crippen molar-refractivity contribution in [3.8, 4) is 0 Å². The van der Waals surface area contributed by atoms with Gasteiger partial charge in [-0.1, -0.05) is 38.1 Å². The molecule has 1 rings (SSSR count). The van der Waals surface area contributed by atoms with Gasteiger partial charge < -0.3 is 10.1 Å². The Bertz CT molecular complexity index is 336. The van der Waals surface area contributed by atoms with Gasteiger partial charge in [0.15, 0.2) is 0 Å². The van der Waals surface area contributed by atoms with Crippen molar-refractivity contribution in [2.24, 2.45) is 5.92 Å². The van der Waals surface area contributed by atoms with Crippen molar-refractivity contribution in [2.45, 2.75) is 52.8 Å². The fraction of sp³-hybridized carbons (Fsp3) is 0.625. The minimum atomic E-state index is 0.572. The summed E-state index contributed by atoms with van der Waals surface area (Å²) in [5.74, 6) is 0.787. The Labute approximate surface area is 112 Å². The molecule has 1 unspecified atom stereocenters. The largest absolute Gasteiger partial charge is 0.380 e. The summed E-state index contributed by atoms with van der Waals surface area (Å²) in [6, 6.07) is 9.05. The molecule has 102 valence electrons. The van der Waals surface area contributed by atoms with Crippen molar-refractivity contribution in [1.29, 1.82) is 0 Å². The molecule has 0 fully saturated rings. The summed E-state index contributed by atoms with van der Waals surface area (Å²) in [4.78, 5) is 0. The summed E-state index contributed by atoms with van der Waals surface area (Å²) >= 11 is 0. The molecule has 0 bridgehead atoms. The molecule has 2 nitrogen and oxygen atoms in total. The molecule has 0 radical (unpaired) electrons. The smallest absolute Gasteiger partial charge is 0.0716 e. The zero-order chi connectivity index (χ0) is 13.4. The second-order valence-corrected chi connectivity index (χ2v) is 5.45. The van der Waals surface area contributed by atoms with E-state index in [0.717, 1.165) is 12.5 Å². The molecule has 1 atom stereocenters. The Balaban J connectivity index is 2.42. The Morgan fingerprint density at radius 2 is 1.72 bits per heavy atom. The zero-order valence-corrected chi connectivity index (χ0v) is 12.2.